The van der Waals surface area contributed by atoms with Crippen LogP contribution in [0.5, 0.6) is 0 Å². The summed E-state index contributed by atoms with van der Waals surface area (Å²) in [6, 6.07) is 7.87. The van der Waals surface area contributed by atoms with Gasteiger partial charge in [0.05, 0.1) is 0 Å². The molecular formula is C16H20N2O. The van der Waals surface area contributed by atoms with E-state index in [0.717, 1.165) is 17.5 Å². The van der Waals surface area contributed by atoms with E-state index >= 15 is 0 Å². The molecule has 1 aromatic heterocycles. The minimum atomic E-state index is -0.000897. The van der Waals surface area contributed by atoms with Crippen LogP contribution in [0.15, 0.2) is 36.7 Å². The van der Waals surface area contributed by atoms with Gasteiger partial charge in [-0.2, -0.15) is 0 Å². The Labute approximate surface area is 114 Å². The summed E-state index contributed by atoms with van der Waals surface area (Å²) in [5, 5.41) is 2.96. The SMILES string of the molecule is Cc1ccc(C(=O)NCCc2ccn(C)c2)cc1C. The van der Waals surface area contributed by atoms with Crippen LogP contribution in [0.25, 0.3) is 0 Å². The molecule has 0 aliphatic carbocycles. The molecule has 100 valence electrons. The van der Waals surface area contributed by atoms with Gasteiger partial charge >= 0.3 is 0 Å². The molecule has 3 heteroatoms. The second kappa shape index (κ2) is 5.74. The van der Waals surface area contributed by atoms with Crippen LogP contribution in [0, 0.1) is 13.8 Å². The van der Waals surface area contributed by atoms with E-state index in [0.29, 0.717) is 6.54 Å². The normalized spacial score (nSPS) is 10.5. The molecule has 0 unspecified atom stereocenters. The van der Waals surface area contributed by atoms with Gasteiger partial charge in [-0.05, 0) is 55.2 Å². The van der Waals surface area contributed by atoms with Crippen molar-refractivity contribution in [1.82, 2.24) is 9.88 Å². The van der Waals surface area contributed by atoms with E-state index < -0.39 is 0 Å². The first-order chi connectivity index (χ1) is 9.06. The largest absolute Gasteiger partial charge is 0.357 e. The van der Waals surface area contributed by atoms with Crippen molar-refractivity contribution in [1.29, 1.82) is 0 Å². The molecule has 0 radical (unpaired) electrons. The molecule has 0 saturated carbocycles. The summed E-state index contributed by atoms with van der Waals surface area (Å²) in [5.41, 5.74) is 4.33. The monoisotopic (exact) mass is 256 g/mol. The Morgan fingerprint density at radius 2 is 2.00 bits per heavy atom. The fraction of sp³-hybridized carbons (Fsp3) is 0.312. The second-order valence-electron chi connectivity index (χ2n) is 4.99. The summed E-state index contributed by atoms with van der Waals surface area (Å²) >= 11 is 0. The van der Waals surface area contributed by atoms with Crippen molar-refractivity contribution in [3.05, 3.63) is 58.9 Å². The van der Waals surface area contributed by atoms with Crippen LogP contribution >= 0.6 is 0 Å². The maximum Gasteiger partial charge on any atom is 0.251 e. The number of carbonyl (C=O) groups is 1. The van der Waals surface area contributed by atoms with Crippen molar-refractivity contribution in [2.75, 3.05) is 6.54 Å². The highest BCUT2D eigenvalue weighted by Crippen LogP contribution is 2.09. The first kappa shape index (κ1) is 13.4. The van der Waals surface area contributed by atoms with E-state index in [-0.39, 0.29) is 5.91 Å². The third-order valence-corrected chi connectivity index (χ3v) is 3.36. The number of carbonyl (C=O) groups excluding carboxylic acids is 1. The predicted molar refractivity (Wildman–Crippen MR) is 77.4 cm³/mol. The average Bonchev–Trinajstić information content (AvgIpc) is 2.78. The molecule has 1 amide bonds. The molecule has 1 N–H and O–H groups in total. The molecular weight excluding hydrogens is 236 g/mol. The lowest BCUT2D eigenvalue weighted by Gasteiger charge is -2.06. The third-order valence-electron chi connectivity index (χ3n) is 3.36. The van der Waals surface area contributed by atoms with Crippen molar-refractivity contribution in [2.45, 2.75) is 20.3 Å². The number of aryl methyl sites for hydroxylation is 3. The predicted octanol–water partition coefficient (Wildman–Crippen LogP) is 2.61. The van der Waals surface area contributed by atoms with Gasteiger partial charge in [0.25, 0.3) is 5.91 Å². The number of hydrogen-bond donors (Lipinski definition) is 1. The summed E-state index contributed by atoms with van der Waals surface area (Å²) in [4.78, 5) is 12.0. The zero-order valence-corrected chi connectivity index (χ0v) is 11.7. The average molecular weight is 256 g/mol. The molecule has 0 aliphatic rings. The fourth-order valence-corrected chi connectivity index (χ4v) is 2.01. The number of amides is 1. The number of benzene rings is 1. The lowest BCUT2D eigenvalue weighted by molar-refractivity contribution is 0.0954. The summed E-state index contributed by atoms with van der Waals surface area (Å²) in [6.07, 6.45) is 4.94. The minimum absolute atomic E-state index is 0.000897. The first-order valence-corrected chi connectivity index (χ1v) is 6.52. The molecule has 2 rings (SSSR count). The van der Waals surface area contributed by atoms with Crippen LogP contribution in [-0.2, 0) is 13.5 Å². The highest BCUT2D eigenvalue weighted by Gasteiger charge is 2.06. The van der Waals surface area contributed by atoms with E-state index in [1.54, 1.807) is 0 Å². The molecule has 1 aromatic carbocycles. The van der Waals surface area contributed by atoms with E-state index in [1.807, 2.05) is 49.9 Å². The quantitative estimate of drug-likeness (QED) is 0.896. The Kier molecular flexibility index (Phi) is 4.05. The van der Waals surface area contributed by atoms with Gasteiger partial charge in [-0.3, -0.25) is 4.79 Å². The maximum absolute atomic E-state index is 12.0. The number of nitrogens with zero attached hydrogens (tertiary/aromatic N) is 1. The lowest BCUT2D eigenvalue weighted by atomic mass is 10.1. The number of rotatable bonds is 4. The van der Waals surface area contributed by atoms with Gasteiger partial charge in [0, 0.05) is 31.5 Å². The molecule has 19 heavy (non-hydrogen) atoms. The molecule has 0 aliphatic heterocycles. The van der Waals surface area contributed by atoms with Gasteiger partial charge in [0.15, 0.2) is 0 Å². The standard InChI is InChI=1S/C16H20N2O/c1-12-4-5-15(10-13(12)2)16(19)17-8-6-14-7-9-18(3)11-14/h4-5,7,9-11H,6,8H2,1-3H3,(H,17,19). The maximum atomic E-state index is 12.0. The van der Waals surface area contributed by atoms with Gasteiger partial charge in [-0.1, -0.05) is 6.07 Å². The molecule has 0 atom stereocenters. The topological polar surface area (TPSA) is 34.0 Å². The van der Waals surface area contributed by atoms with Crippen LogP contribution in [0.3, 0.4) is 0 Å². The molecule has 0 spiro atoms. The van der Waals surface area contributed by atoms with Crippen LogP contribution in [0.1, 0.15) is 27.0 Å². The van der Waals surface area contributed by atoms with Gasteiger partial charge < -0.3 is 9.88 Å². The number of aromatic nitrogens is 1. The van der Waals surface area contributed by atoms with E-state index in [4.69, 9.17) is 0 Å². The van der Waals surface area contributed by atoms with Crippen LogP contribution in [-0.4, -0.2) is 17.0 Å². The molecule has 1 heterocycles. The summed E-state index contributed by atoms with van der Waals surface area (Å²) in [7, 11) is 2.00. The van der Waals surface area contributed by atoms with E-state index in [2.05, 4.69) is 17.6 Å². The van der Waals surface area contributed by atoms with Crippen LogP contribution in [0.4, 0.5) is 0 Å². The zero-order chi connectivity index (χ0) is 13.8. The third kappa shape index (κ3) is 3.47. The summed E-state index contributed by atoms with van der Waals surface area (Å²) in [5.74, 6) is -0.000897. The molecule has 3 nitrogen and oxygen atoms in total. The van der Waals surface area contributed by atoms with Crippen molar-refractivity contribution < 1.29 is 4.79 Å². The van der Waals surface area contributed by atoms with Crippen molar-refractivity contribution in [3.8, 4) is 0 Å². The fourth-order valence-electron chi connectivity index (χ4n) is 2.01. The van der Waals surface area contributed by atoms with Crippen LogP contribution in [0.2, 0.25) is 0 Å². The molecule has 0 fully saturated rings. The first-order valence-electron chi connectivity index (χ1n) is 6.52. The number of nitrogens with one attached hydrogen (secondary N) is 1. The van der Waals surface area contributed by atoms with Crippen molar-refractivity contribution in [3.63, 3.8) is 0 Å². The lowest BCUT2D eigenvalue weighted by Crippen LogP contribution is -2.25. The van der Waals surface area contributed by atoms with E-state index in [9.17, 15) is 4.79 Å². The second-order valence-corrected chi connectivity index (χ2v) is 4.99. The van der Waals surface area contributed by atoms with Crippen molar-refractivity contribution >= 4 is 5.91 Å². The Morgan fingerprint density at radius 1 is 1.21 bits per heavy atom. The van der Waals surface area contributed by atoms with Gasteiger partial charge in [-0.15, -0.1) is 0 Å². The molecule has 2 aromatic rings. The summed E-state index contributed by atoms with van der Waals surface area (Å²) in [6.45, 7) is 4.73. The van der Waals surface area contributed by atoms with E-state index in [1.165, 1.54) is 11.1 Å². The Balaban J connectivity index is 1.89. The van der Waals surface area contributed by atoms with Gasteiger partial charge in [0.2, 0.25) is 0 Å². The Bertz CT molecular complexity index is 584. The van der Waals surface area contributed by atoms with Crippen LogP contribution < -0.4 is 5.32 Å². The van der Waals surface area contributed by atoms with Crippen molar-refractivity contribution in [2.24, 2.45) is 7.05 Å². The Morgan fingerprint density at radius 3 is 2.63 bits per heavy atom. The molecule has 0 bridgehead atoms. The highest BCUT2D eigenvalue weighted by molar-refractivity contribution is 5.94. The smallest absolute Gasteiger partial charge is 0.251 e. The Hall–Kier alpha value is -2.03. The summed E-state index contributed by atoms with van der Waals surface area (Å²) < 4.78 is 2.01. The zero-order valence-electron chi connectivity index (χ0n) is 11.7. The van der Waals surface area contributed by atoms with Gasteiger partial charge in [-0.25, -0.2) is 0 Å². The molecule has 0 saturated heterocycles. The highest BCUT2D eigenvalue weighted by atomic mass is 16.1. The number of hydrogen-bond acceptors (Lipinski definition) is 1. The minimum Gasteiger partial charge on any atom is -0.357 e. The van der Waals surface area contributed by atoms with Gasteiger partial charge in [0.1, 0.15) is 0 Å².